The molecule has 0 radical (unpaired) electrons. The van der Waals surface area contributed by atoms with E-state index < -0.39 is 0 Å². The van der Waals surface area contributed by atoms with Crippen molar-refractivity contribution in [3.05, 3.63) is 12.3 Å². The van der Waals surface area contributed by atoms with Gasteiger partial charge in [-0.3, -0.25) is 0 Å². The van der Waals surface area contributed by atoms with Crippen molar-refractivity contribution in [1.29, 1.82) is 0 Å². The van der Waals surface area contributed by atoms with E-state index in [1.807, 2.05) is 6.07 Å². The van der Waals surface area contributed by atoms with Crippen LogP contribution in [0, 0.1) is 0 Å². The highest BCUT2D eigenvalue weighted by Gasteiger charge is 2.26. The molecule has 1 aromatic rings. The van der Waals surface area contributed by atoms with Crippen molar-refractivity contribution in [2.45, 2.75) is 12.5 Å². The molecule has 2 heterocycles. The molecule has 0 saturated carbocycles. The highest BCUT2D eigenvalue weighted by Crippen LogP contribution is 2.20. The van der Waals surface area contributed by atoms with Crippen molar-refractivity contribution < 1.29 is 0 Å². The summed E-state index contributed by atoms with van der Waals surface area (Å²) >= 11 is 0. The van der Waals surface area contributed by atoms with Gasteiger partial charge in [0.25, 0.3) is 0 Å². The van der Waals surface area contributed by atoms with E-state index in [1.165, 1.54) is 0 Å². The van der Waals surface area contributed by atoms with E-state index in [1.54, 1.807) is 6.20 Å². The van der Waals surface area contributed by atoms with Gasteiger partial charge < -0.3 is 21.3 Å². The predicted octanol–water partition coefficient (Wildman–Crippen LogP) is -0.472. The van der Waals surface area contributed by atoms with E-state index in [9.17, 15) is 0 Å². The number of nitrogens with two attached hydrogens (primary N) is 2. The van der Waals surface area contributed by atoms with Crippen molar-refractivity contribution in [1.82, 2.24) is 14.9 Å². The van der Waals surface area contributed by atoms with Crippen molar-refractivity contribution in [3.63, 3.8) is 0 Å². The Balaban J connectivity index is 1.98. The number of hydrogen-bond acceptors (Lipinski definition) is 6. The zero-order chi connectivity index (χ0) is 12.3. The fourth-order valence-electron chi connectivity index (χ4n) is 2.24. The number of anilines is 2. The molecule has 2 rings (SSSR count). The van der Waals surface area contributed by atoms with Gasteiger partial charge in [0.2, 0.25) is 5.95 Å². The summed E-state index contributed by atoms with van der Waals surface area (Å²) < 4.78 is 0. The Kier molecular flexibility index (Phi) is 3.75. The first-order valence-corrected chi connectivity index (χ1v) is 5.94. The zero-order valence-electron chi connectivity index (χ0n) is 10.2. The van der Waals surface area contributed by atoms with E-state index in [0.29, 0.717) is 18.5 Å². The highest BCUT2D eigenvalue weighted by molar-refractivity contribution is 5.42. The molecule has 1 saturated heterocycles. The molecule has 6 nitrogen and oxygen atoms in total. The average Bonchev–Trinajstić information content (AvgIpc) is 2.78. The quantitative estimate of drug-likeness (QED) is 0.735. The smallest absolute Gasteiger partial charge is 0.221 e. The molecule has 0 spiro atoms. The van der Waals surface area contributed by atoms with Crippen molar-refractivity contribution >= 4 is 11.8 Å². The fourth-order valence-corrected chi connectivity index (χ4v) is 2.24. The second-order valence-electron chi connectivity index (χ2n) is 4.43. The van der Waals surface area contributed by atoms with Crippen molar-refractivity contribution in [2.24, 2.45) is 5.73 Å². The SMILES string of the molecule is CN(CCN)[C@H]1CCN(c2ccnc(N)n2)C1. The first kappa shape index (κ1) is 12.1. The second kappa shape index (κ2) is 5.29. The maximum atomic E-state index is 5.59. The molecule has 1 atom stereocenters. The number of likely N-dealkylation sites (N-methyl/N-ethyl adjacent to an activating group) is 1. The van der Waals surface area contributed by atoms with Gasteiger partial charge >= 0.3 is 0 Å². The van der Waals surface area contributed by atoms with Gasteiger partial charge in [-0.05, 0) is 19.5 Å². The van der Waals surface area contributed by atoms with Gasteiger partial charge in [0.1, 0.15) is 5.82 Å². The van der Waals surface area contributed by atoms with Crippen molar-refractivity contribution in [3.8, 4) is 0 Å². The summed E-state index contributed by atoms with van der Waals surface area (Å²) in [5.41, 5.74) is 11.2. The number of hydrogen-bond donors (Lipinski definition) is 2. The summed E-state index contributed by atoms with van der Waals surface area (Å²) in [4.78, 5) is 12.7. The molecule has 94 valence electrons. The van der Waals surface area contributed by atoms with Crippen LogP contribution in [0.5, 0.6) is 0 Å². The fraction of sp³-hybridized carbons (Fsp3) is 0.636. The molecular weight excluding hydrogens is 216 g/mol. The number of nitrogens with zero attached hydrogens (tertiary/aromatic N) is 4. The maximum Gasteiger partial charge on any atom is 0.221 e. The predicted molar refractivity (Wildman–Crippen MR) is 68.7 cm³/mol. The van der Waals surface area contributed by atoms with Crippen molar-refractivity contribution in [2.75, 3.05) is 43.9 Å². The van der Waals surface area contributed by atoms with Crippen LogP contribution in [0.15, 0.2) is 12.3 Å². The number of nitrogen functional groups attached to an aromatic ring is 1. The summed E-state index contributed by atoms with van der Waals surface area (Å²) in [5, 5.41) is 0. The van der Waals surface area contributed by atoms with Gasteiger partial charge in [0, 0.05) is 38.4 Å². The lowest BCUT2D eigenvalue weighted by Crippen LogP contribution is -2.37. The normalized spacial score (nSPS) is 20.2. The van der Waals surface area contributed by atoms with Gasteiger partial charge in [-0.1, -0.05) is 0 Å². The van der Waals surface area contributed by atoms with Gasteiger partial charge in [-0.2, -0.15) is 4.98 Å². The van der Waals surface area contributed by atoms with E-state index in [0.717, 1.165) is 31.9 Å². The molecule has 1 aliphatic heterocycles. The molecule has 1 aromatic heterocycles. The topological polar surface area (TPSA) is 84.3 Å². The van der Waals surface area contributed by atoms with Crippen LogP contribution in [0.2, 0.25) is 0 Å². The lowest BCUT2D eigenvalue weighted by Gasteiger charge is -2.24. The lowest BCUT2D eigenvalue weighted by molar-refractivity contribution is 0.266. The first-order chi connectivity index (χ1) is 8.20. The Morgan fingerprint density at radius 1 is 1.59 bits per heavy atom. The van der Waals surface area contributed by atoms with Crippen LogP contribution in [0.4, 0.5) is 11.8 Å². The van der Waals surface area contributed by atoms with Crippen LogP contribution < -0.4 is 16.4 Å². The van der Waals surface area contributed by atoms with Crippen LogP contribution in [0.25, 0.3) is 0 Å². The standard InChI is InChI=1S/C11H20N6/c1-16(7-4-12)9-3-6-17(8-9)10-2-5-14-11(13)15-10/h2,5,9H,3-4,6-8,12H2,1H3,(H2,13,14,15)/t9-/m0/s1. The summed E-state index contributed by atoms with van der Waals surface area (Å²) in [5.74, 6) is 1.25. The molecule has 0 aromatic carbocycles. The monoisotopic (exact) mass is 236 g/mol. The summed E-state index contributed by atoms with van der Waals surface area (Å²) in [6, 6.07) is 2.46. The third-order valence-corrected chi connectivity index (χ3v) is 3.25. The van der Waals surface area contributed by atoms with Crippen LogP contribution >= 0.6 is 0 Å². The molecule has 4 N–H and O–H groups in total. The third kappa shape index (κ3) is 2.83. The molecule has 0 aliphatic carbocycles. The van der Waals surface area contributed by atoms with Gasteiger partial charge in [-0.15, -0.1) is 0 Å². The summed E-state index contributed by atoms with van der Waals surface area (Å²) in [6.07, 6.45) is 2.84. The Morgan fingerprint density at radius 2 is 2.41 bits per heavy atom. The van der Waals surface area contributed by atoms with Gasteiger partial charge in [-0.25, -0.2) is 4.98 Å². The second-order valence-corrected chi connectivity index (χ2v) is 4.43. The minimum atomic E-state index is 0.335. The molecule has 0 amide bonds. The van der Waals surface area contributed by atoms with E-state index in [-0.39, 0.29) is 0 Å². The Labute approximate surface area is 102 Å². The lowest BCUT2D eigenvalue weighted by atomic mass is 10.2. The largest absolute Gasteiger partial charge is 0.368 e. The van der Waals surface area contributed by atoms with Gasteiger partial charge in [0.05, 0.1) is 0 Å². The van der Waals surface area contributed by atoms with E-state index in [4.69, 9.17) is 11.5 Å². The first-order valence-electron chi connectivity index (χ1n) is 5.94. The van der Waals surface area contributed by atoms with E-state index in [2.05, 4.69) is 26.8 Å². The average molecular weight is 236 g/mol. The third-order valence-electron chi connectivity index (χ3n) is 3.25. The maximum absolute atomic E-state index is 5.59. The Bertz CT molecular complexity index is 369. The van der Waals surface area contributed by atoms with Crippen LogP contribution in [-0.2, 0) is 0 Å². The van der Waals surface area contributed by atoms with Crippen LogP contribution in [-0.4, -0.2) is 54.1 Å². The Hall–Kier alpha value is -1.40. The number of aromatic nitrogens is 2. The highest BCUT2D eigenvalue weighted by atomic mass is 15.3. The molecule has 17 heavy (non-hydrogen) atoms. The summed E-state index contributed by atoms with van der Waals surface area (Å²) in [7, 11) is 2.12. The number of rotatable bonds is 4. The molecule has 6 heteroatoms. The van der Waals surface area contributed by atoms with E-state index >= 15 is 0 Å². The summed E-state index contributed by atoms with van der Waals surface area (Å²) in [6.45, 7) is 3.63. The van der Waals surface area contributed by atoms with Crippen LogP contribution in [0.1, 0.15) is 6.42 Å². The Morgan fingerprint density at radius 3 is 3.12 bits per heavy atom. The minimum Gasteiger partial charge on any atom is -0.368 e. The molecule has 0 unspecified atom stereocenters. The molecule has 1 fully saturated rings. The van der Waals surface area contributed by atoms with Crippen LogP contribution in [0.3, 0.4) is 0 Å². The van der Waals surface area contributed by atoms with Gasteiger partial charge in [0.15, 0.2) is 0 Å². The minimum absolute atomic E-state index is 0.335. The molecular formula is C11H20N6. The molecule has 0 bridgehead atoms. The zero-order valence-corrected chi connectivity index (χ0v) is 10.2. The molecule has 1 aliphatic rings.